The lowest BCUT2D eigenvalue weighted by molar-refractivity contribution is 0.356. The molecule has 29 heavy (non-hydrogen) atoms. The van der Waals surface area contributed by atoms with Gasteiger partial charge in [0.1, 0.15) is 0 Å². The summed E-state index contributed by atoms with van der Waals surface area (Å²) < 4.78 is 2.09. The van der Waals surface area contributed by atoms with E-state index in [0.29, 0.717) is 12.1 Å². The van der Waals surface area contributed by atoms with Crippen LogP contribution in [-0.2, 0) is 5.66 Å². The highest BCUT2D eigenvalue weighted by molar-refractivity contribution is 5.98. The number of allylic oxidation sites excluding steroid dienone is 4. The number of nitrogens with one attached hydrogen (secondary N) is 1. The van der Waals surface area contributed by atoms with E-state index in [1.54, 1.807) is 19.9 Å². The van der Waals surface area contributed by atoms with E-state index in [2.05, 4.69) is 5.32 Å². The fourth-order valence-electron chi connectivity index (χ4n) is 4.10. The molecule has 0 aliphatic heterocycles. The Labute approximate surface area is 165 Å². The summed E-state index contributed by atoms with van der Waals surface area (Å²) in [4.78, 5) is 51.5. The highest BCUT2D eigenvalue weighted by atomic mass is 16.2. The van der Waals surface area contributed by atoms with Crippen molar-refractivity contribution >= 4 is 27.2 Å². The second-order valence-corrected chi connectivity index (χ2v) is 8.12. The number of aromatic nitrogens is 2. The first kappa shape index (κ1) is 19.1. The van der Waals surface area contributed by atoms with Gasteiger partial charge < -0.3 is 11.1 Å². The van der Waals surface area contributed by atoms with Crippen molar-refractivity contribution in [2.45, 2.75) is 32.9 Å². The molecule has 1 aliphatic rings. The van der Waals surface area contributed by atoms with Crippen LogP contribution < -0.4 is 33.3 Å². The van der Waals surface area contributed by atoms with Crippen LogP contribution in [0.4, 0.5) is 0 Å². The molecule has 0 saturated carbocycles. The maximum atomic E-state index is 13.0. The maximum Gasteiger partial charge on any atom is 0.265 e. The van der Waals surface area contributed by atoms with Gasteiger partial charge >= 0.3 is 0 Å². The second-order valence-electron chi connectivity index (χ2n) is 8.12. The van der Waals surface area contributed by atoms with Gasteiger partial charge in [-0.05, 0) is 44.6 Å². The molecule has 4 rings (SSSR count). The van der Waals surface area contributed by atoms with Gasteiger partial charge in [-0.1, -0.05) is 6.92 Å². The van der Waals surface area contributed by atoms with E-state index < -0.39 is 27.9 Å². The number of nitrogens with zero attached hydrogens (tertiary/aromatic N) is 2. The van der Waals surface area contributed by atoms with Gasteiger partial charge in [0.25, 0.3) is 22.2 Å². The van der Waals surface area contributed by atoms with Crippen LogP contribution >= 0.6 is 0 Å². The van der Waals surface area contributed by atoms with Gasteiger partial charge in [-0.25, -0.2) is 4.57 Å². The topological polar surface area (TPSA) is 116 Å². The highest BCUT2D eigenvalue weighted by Gasteiger charge is 2.26. The zero-order chi connectivity index (χ0) is 21.2. The minimum atomic E-state index is -1.20. The zero-order valence-corrected chi connectivity index (χ0v) is 16.7. The van der Waals surface area contributed by atoms with Crippen LogP contribution in [-0.4, -0.2) is 16.2 Å². The minimum absolute atomic E-state index is 0.0960. The molecule has 2 heterocycles. The third-order valence-corrected chi connectivity index (χ3v) is 5.55. The van der Waals surface area contributed by atoms with Crippen molar-refractivity contribution in [1.82, 2.24) is 14.5 Å². The molecule has 8 heteroatoms. The van der Waals surface area contributed by atoms with Gasteiger partial charge in [-0.2, -0.15) is 0 Å². The third kappa shape index (κ3) is 2.63. The lowest BCUT2D eigenvalue weighted by atomic mass is 9.96. The van der Waals surface area contributed by atoms with Crippen LogP contribution in [0, 0.1) is 5.92 Å². The van der Waals surface area contributed by atoms with Crippen molar-refractivity contribution in [3.63, 3.8) is 0 Å². The summed E-state index contributed by atoms with van der Waals surface area (Å²) >= 11 is 0. The summed E-state index contributed by atoms with van der Waals surface area (Å²) in [6.45, 7) is 5.09. The summed E-state index contributed by atoms with van der Waals surface area (Å²) in [5.74, 6) is 0.123. The molecule has 2 aromatic heterocycles. The van der Waals surface area contributed by atoms with E-state index in [1.807, 2.05) is 20.0 Å². The van der Waals surface area contributed by atoms with Crippen LogP contribution in [0.2, 0.25) is 0 Å². The van der Waals surface area contributed by atoms with Crippen LogP contribution in [0.25, 0.3) is 27.2 Å². The maximum absolute atomic E-state index is 13.0. The Bertz CT molecular complexity index is 1360. The first-order valence-electron chi connectivity index (χ1n) is 9.39. The molecule has 1 unspecified atom stereocenters. The average Bonchev–Trinajstić information content (AvgIpc) is 3.04. The smallest absolute Gasteiger partial charge is 0.265 e. The zero-order valence-electron chi connectivity index (χ0n) is 16.7. The van der Waals surface area contributed by atoms with Gasteiger partial charge in [0.2, 0.25) is 0 Å². The summed E-state index contributed by atoms with van der Waals surface area (Å²) in [5, 5.41) is 3.55. The first-order valence-corrected chi connectivity index (χ1v) is 9.39. The Hall–Kier alpha value is -3.26. The van der Waals surface area contributed by atoms with E-state index in [9.17, 15) is 19.2 Å². The Kier molecular flexibility index (Phi) is 4.02. The number of hydrogen-bond donors (Lipinski definition) is 2. The van der Waals surface area contributed by atoms with E-state index in [-0.39, 0.29) is 27.5 Å². The fraction of sp³-hybridized carbons (Fsp3) is 0.333. The largest absolute Gasteiger partial charge is 0.391 e. The summed E-state index contributed by atoms with van der Waals surface area (Å²) in [6.07, 6.45) is 4.11. The molecule has 0 fully saturated rings. The lowest BCUT2D eigenvalue weighted by Gasteiger charge is -2.21. The molecule has 0 bridgehead atoms. The molecule has 0 spiro atoms. The van der Waals surface area contributed by atoms with Crippen molar-refractivity contribution in [1.29, 1.82) is 0 Å². The molecular formula is C21H22N4O4. The quantitative estimate of drug-likeness (QED) is 0.670. The second kappa shape index (κ2) is 6.12. The van der Waals surface area contributed by atoms with E-state index in [1.165, 1.54) is 12.1 Å². The van der Waals surface area contributed by atoms with Crippen molar-refractivity contribution in [3.8, 4) is 0 Å². The number of nitrogens with two attached hydrogens (primary N) is 1. The molecule has 1 aliphatic carbocycles. The fourth-order valence-corrected chi connectivity index (χ4v) is 4.10. The molecule has 8 nitrogen and oxygen atoms in total. The number of fused-ring (bicyclic) bond motifs is 2. The van der Waals surface area contributed by atoms with Gasteiger partial charge in [0, 0.05) is 24.4 Å². The highest BCUT2D eigenvalue weighted by Crippen LogP contribution is 2.25. The van der Waals surface area contributed by atoms with E-state index >= 15 is 0 Å². The number of benzene rings is 1. The van der Waals surface area contributed by atoms with E-state index in [4.69, 9.17) is 5.73 Å². The van der Waals surface area contributed by atoms with Crippen LogP contribution in [0.1, 0.15) is 27.2 Å². The Morgan fingerprint density at radius 1 is 0.931 bits per heavy atom. The molecule has 0 radical (unpaired) electrons. The minimum Gasteiger partial charge on any atom is -0.391 e. The van der Waals surface area contributed by atoms with Crippen molar-refractivity contribution < 1.29 is 0 Å². The molecule has 1 aromatic carbocycles. The summed E-state index contributed by atoms with van der Waals surface area (Å²) in [7, 11) is 1.82. The van der Waals surface area contributed by atoms with Crippen molar-refractivity contribution in [2.75, 3.05) is 7.05 Å². The van der Waals surface area contributed by atoms with Gasteiger partial charge in [-0.3, -0.25) is 23.7 Å². The van der Waals surface area contributed by atoms with Crippen molar-refractivity contribution in [3.05, 3.63) is 71.4 Å². The molecule has 0 saturated heterocycles. The molecule has 3 aromatic rings. The number of hydrogen-bond acceptors (Lipinski definition) is 6. The monoisotopic (exact) mass is 394 g/mol. The number of rotatable bonds is 3. The predicted molar refractivity (Wildman–Crippen MR) is 114 cm³/mol. The third-order valence-electron chi connectivity index (χ3n) is 5.55. The molecule has 150 valence electrons. The molecule has 1 atom stereocenters. The van der Waals surface area contributed by atoms with Crippen molar-refractivity contribution in [2.24, 2.45) is 11.7 Å². The van der Waals surface area contributed by atoms with E-state index in [0.717, 1.165) is 14.8 Å². The van der Waals surface area contributed by atoms with Gasteiger partial charge in [0.05, 0.1) is 27.2 Å². The Balaban J connectivity index is 2.04. The Morgan fingerprint density at radius 2 is 1.41 bits per heavy atom. The van der Waals surface area contributed by atoms with Crippen LogP contribution in [0.3, 0.4) is 0 Å². The average molecular weight is 394 g/mol. The summed E-state index contributed by atoms with van der Waals surface area (Å²) in [5.41, 5.74) is 4.26. The molecular weight excluding hydrogens is 372 g/mol. The summed E-state index contributed by atoms with van der Waals surface area (Å²) in [6, 6.07) is 2.69. The van der Waals surface area contributed by atoms with Gasteiger partial charge in [-0.15, -0.1) is 0 Å². The predicted octanol–water partition coefficient (Wildman–Crippen LogP) is 0.548. The normalized spacial score (nSPS) is 17.6. The standard InChI is InChI=1S/C21H22N4O4/c1-10-7-11(5-6-16(10)23-4)24-17(26)12-8-14-15(9-13(12)18(24)27)20(29)25(19(14)28)21(2,3)22/h5-6,8-10,23H,7,22H2,1-4H3. The van der Waals surface area contributed by atoms with Gasteiger partial charge in [0.15, 0.2) is 0 Å². The molecule has 0 amide bonds. The van der Waals surface area contributed by atoms with Crippen LogP contribution in [0.5, 0.6) is 0 Å². The Morgan fingerprint density at radius 3 is 1.83 bits per heavy atom. The van der Waals surface area contributed by atoms with Crippen LogP contribution in [0.15, 0.2) is 49.2 Å². The SMILES string of the molecule is CNC1=CC=C(n2c(=O)c3cc4c(=O)n(C(C)(C)N)c(=O)c4cc3c2=O)CC1C. The first-order chi connectivity index (χ1) is 13.6. The lowest BCUT2D eigenvalue weighted by Crippen LogP contribution is -2.47. The molecule has 3 N–H and O–H groups in total.